The van der Waals surface area contributed by atoms with Crippen LogP contribution in [-0.2, 0) is 11.3 Å². The molecule has 1 aromatic heterocycles. The van der Waals surface area contributed by atoms with E-state index in [4.69, 9.17) is 22.6 Å². The smallest absolute Gasteiger partial charge is 0.273 e. The molecule has 2 amide bonds. The number of benzene rings is 2. The molecule has 1 heterocycles. The van der Waals surface area contributed by atoms with Gasteiger partial charge in [-0.25, -0.2) is 0 Å². The van der Waals surface area contributed by atoms with Crippen LogP contribution in [0.5, 0.6) is 0 Å². The van der Waals surface area contributed by atoms with Crippen LogP contribution in [-0.4, -0.2) is 27.6 Å². The second-order valence-corrected chi connectivity index (χ2v) is 8.53. The molecule has 30 heavy (non-hydrogen) atoms. The maximum atomic E-state index is 13.0. The Balaban J connectivity index is 2.02. The summed E-state index contributed by atoms with van der Waals surface area (Å²) >= 11 is 6.41. The normalized spacial score (nSPS) is 12.4. The Hall–Kier alpha value is -3.37. The van der Waals surface area contributed by atoms with Crippen LogP contribution in [0.3, 0.4) is 0 Å². The molecule has 0 aliphatic carbocycles. The molecule has 7 nitrogen and oxygen atoms in total. The van der Waals surface area contributed by atoms with Crippen molar-refractivity contribution in [2.75, 3.05) is 0 Å². The summed E-state index contributed by atoms with van der Waals surface area (Å²) in [7, 11) is 0. The van der Waals surface area contributed by atoms with Crippen molar-refractivity contribution >= 4 is 34.3 Å². The average Bonchev–Trinajstić information content (AvgIpc) is 3.05. The monoisotopic (exact) mass is 423 g/mol. The van der Waals surface area contributed by atoms with Gasteiger partial charge in [-0.3, -0.25) is 14.3 Å². The second kappa shape index (κ2) is 8.17. The molecule has 1 atom stereocenters. The molecular weight excluding hydrogens is 402 g/mol. The van der Waals surface area contributed by atoms with E-state index in [2.05, 4.69) is 16.5 Å². The van der Waals surface area contributed by atoms with Gasteiger partial charge in [0.05, 0.1) is 28.7 Å². The lowest BCUT2D eigenvalue weighted by atomic mass is 9.86. The Labute approximate surface area is 179 Å². The van der Waals surface area contributed by atoms with Crippen molar-refractivity contribution in [2.24, 2.45) is 11.1 Å². The van der Waals surface area contributed by atoms with E-state index < -0.39 is 23.3 Å². The van der Waals surface area contributed by atoms with Crippen molar-refractivity contribution in [1.29, 1.82) is 5.26 Å². The Kier molecular flexibility index (Phi) is 5.81. The van der Waals surface area contributed by atoms with Crippen molar-refractivity contribution < 1.29 is 9.59 Å². The van der Waals surface area contributed by atoms with Crippen LogP contribution < -0.4 is 11.1 Å². The molecule has 8 heteroatoms. The third-order valence-corrected chi connectivity index (χ3v) is 5.08. The number of primary amides is 1. The number of nitrogens with zero attached hydrogens (tertiary/aromatic N) is 3. The van der Waals surface area contributed by atoms with Crippen molar-refractivity contribution in [3.8, 4) is 6.07 Å². The highest BCUT2D eigenvalue weighted by Gasteiger charge is 2.32. The minimum atomic E-state index is -0.858. The first-order valence-corrected chi connectivity index (χ1v) is 9.74. The Bertz CT molecular complexity index is 1150. The Morgan fingerprint density at radius 1 is 1.23 bits per heavy atom. The second-order valence-electron chi connectivity index (χ2n) is 8.13. The van der Waals surface area contributed by atoms with Crippen LogP contribution in [0.25, 0.3) is 10.9 Å². The molecule has 3 N–H and O–H groups in total. The van der Waals surface area contributed by atoms with Gasteiger partial charge in [-0.05, 0) is 29.2 Å². The molecule has 0 unspecified atom stereocenters. The highest BCUT2D eigenvalue weighted by atomic mass is 35.5. The van der Waals surface area contributed by atoms with E-state index in [-0.39, 0.29) is 5.69 Å². The lowest BCUT2D eigenvalue weighted by Crippen LogP contribution is -2.52. The molecular formula is C22H22ClN5O2. The van der Waals surface area contributed by atoms with Crippen LogP contribution >= 0.6 is 11.6 Å². The maximum absolute atomic E-state index is 13.0. The van der Waals surface area contributed by atoms with Gasteiger partial charge in [-0.1, -0.05) is 56.6 Å². The molecule has 0 aliphatic rings. The van der Waals surface area contributed by atoms with E-state index in [1.807, 2.05) is 32.9 Å². The largest absolute Gasteiger partial charge is 0.368 e. The van der Waals surface area contributed by atoms with E-state index in [9.17, 15) is 9.59 Å². The fourth-order valence-corrected chi connectivity index (χ4v) is 3.52. The van der Waals surface area contributed by atoms with E-state index >= 15 is 0 Å². The number of para-hydroxylation sites is 1. The predicted molar refractivity (Wildman–Crippen MR) is 115 cm³/mol. The number of halogens is 1. The highest BCUT2D eigenvalue weighted by Crippen LogP contribution is 2.28. The highest BCUT2D eigenvalue weighted by molar-refractivity contribution is 6.35. The molecule has 0 aliphatic heterocycles. The minimum absolute atomic E-state index is 0.164. The lowest BCUT2D eigenvalue weighted by Gasteiger charge is -2.28. The summed E-state index contributed by atoms with van der Waals surface area (Å²) in [5, 5.41) is 17.2. The molecule has 0 fully saturated rings. The quantitative estimate of drug-likeness (QED) is 0.655. The van der Waals surface area contributed by atoms with E-state index in [1.165, 1.54) is 0 Å². The number of nitrogens with two attached hydrogens (primary N) is 1. The first-order valence-electron chi connectivity index (χ1n) is 9.36. The van der Waals surface area contributed by atoms with E-state index in [1.54, 1.807) is 35.0 Å². The van der Waals surface area contributed by atoms with Crippen molar-refractivity contribution in [1.82, 2.24) is 15.1 Å². The van der Waals surface area contributed by atoms with Crippen LogP contribution in [0.2, 0.25) is 5.02 Å². The van der Waals surface area contributed by atoms with E-state index in [0.29, 0.717) is 28.0 Å². The molecule has 0 spiro atoms. The first-order chi connectivity index (χ1) is 14.1. The van der Waals surface area contributed by atoms with E-state index in [0.717, 1.165) is 5.56 Å². The topological polar surface area (TPSA) is 114 Å². The number of rotatable bonds is 5. The summed E-state index contributed by atoms with van der Waals surface area (Å²) in [6, 6.07) is 13.5. The third kappa shape index (κ3) is 4.29. The first kappa shape index (κ1) is 21.3. The summed E-state index contributed by atoms with van der Waals surface area (Å²) in [6.07, 6.45) is 0. The maximum Gasteiger partial charge on any atom is 0.273 e. The zero-order valence-electron chi connectivity index (χ0n) is 16.9. The number of nitriles is 1. The average molecular weight is 424 g/mol. The van der Waals surface area contributed by atoms with Crippen molar-refractivity contribution in [3.63, 3.8) is 0 Å². The number of hydrogen-bond acceptors (Lipinski definition) is 4. The molecule has 0 saturated carbocycles. The number of carbonyl (C=O) groups is 2. The predicted octanol–water partition coefficient (Wildman–Crippen LogP) is 3.24. The molecule has 3 aromatic rings. The zero-order valence-corrected chi connectivity index (χ0v) is 17.7. The van der Waals surface area contributed by atoms with Gasteiger partial charge in [0, 0.05) is 5.39 Å². The van der Waals surface area contributed by atoms with Crippen LogP contribution in [0.1, 0.15) is 42.4 Å². The lowest BCUT2D eigenvalue weighted by molar-refractivity contribution is -0.122. The number of hydrogen-bond donors (Lipinski definition) is 2. The van der Waals surface area contributed by atoms with Crippen LogP contribution in [0.4, 0.5) is 0 Å². The molecule has 2 aromatic carbocycles. The van der Waals surface area contributed by atoms with Gasteiger partial charge in [0.25, 0.3) is 5.91 Å². The fraction of sp³-hybridized carbons (Fsp3) is 0.273. The number of aromatic nitrogens is 2. The van der Waals surface area contributed by atoms with Crippen molar-refractivity contribution in [2.45, 2.75) is 33.4 Å². The molecule has 0 radical (unpaired) electrons. The number of carbonyl (C=O) groups excluding carboxylic acids is 2. The summed E-state index contributed by atoms with van der Waals surface area (Å²) in [5.41, 5.74) is 7.17. The van der Waals surface area contributed by atoms with Gasteiger partial charge in [0.1, 0.15) is 6.04 Å². The fourth-order valence-electron chi connectivity index (χ4n) is 3.25. The summed E-state index contributed by atoms with van der Waals surface area (Å²) in [5.74, 6) is -1.12. The summed E-state index contributed by atoms with van der Waals surface area (Å²) in [6.45, 7) is 5.82. The molecule has 0 saturated heterocycles. The SMILES string of the molecule is CC(C)(C)[C@H](NC(=O)c1nn(Cc2ccc(C#N)cc2)c2c(Cl)cccc12)C(N)=O. The Morgan fingerprint density at radius 2 is 1.90 bits per heavy atom. The minimum Gasteiger partial charge on any atom is -0.368 e. The van der Waals surface area contributed by atoms with Crippen molar-refractivity contribution in [3.05, 3.63) is 64.3 Å². The van der Waals surface area contributed by atoms with Gasteiger partial charge in [0.2, 0.25) is 5.91 Å². The van der Waals surface area contributed by atoms with Gasteiger partial charge in [0.15, 0.2) is 5.69 Å². The van der Waals surface area contributed by atoms with Crippen LogP contribution in [0.15, 0.2) is 42.5 Å². The standard InChI is InChI=1S/C22H22ClN5O2/c1-22(2,3)19(20(25)29)26-21(30)17-15-5-4-6-16(23)18(15)28(27-17)12-14-9-7-13(11-24)8-10-14/h4-10,19H,12H2,1-3H3,(H2,25,29)(H,26,30)/t19-/m1/s1. The number of fused-ring (bicyclic) bond motifs is 1. The number of nitrogens with one attached hydrogen (secondary N) is 1. The van der Waals surface area contributed by atoms with Gasteiger partial charge < -0.3 is 11.1 Å². The third-order valence-electron chi connectivity index (χ3n) is 4.78. The zero-order chi connectivity index (χ0) is 22.1. The van der Waals surface area contributed by atoms with Gasteiger partial charge >= 0.3 is 0 Å². The number of amides is 2. The molecule has 154 valence electrons. The molecule has 3 rings (SSSR count). The molecule has 0 bridgehead atoms. The summed E-state index contributed by atoms with van der Waals surface area (Å²) in [4.78, 5) is 24.9. The Morgan fingerprint density at radius 3 is 2.47 bits per heavy atom. The summed E-state index contributed by atoms with van der Waals surface area (Å²) < 4.78 is 1.64. The van der Waals surface area contributed by atoms with Crippen LogP contribution in [0, 0.1) is 16.7 Å². The van der Waals surface area contributed by atoms with Gasteiger partial charge in [-0.2, -0.15) is 10.4 Å². The van der Waals surface area contributed by atoms with Gasteiger partial charge in [-0.15, -0.1) is 0 Å².